The number of carbonyl (C=O) groups is 2. The first-order valence-electron chi connectivity index (χ1n) is 11.2. The fourth-order valence-corrected chi connectivity index (χ4v) is 3.77. The summed E-state index contributed by atoms with van der Waals surface area (Å²) in [6.45, 7) is 0.394. The van der Waals surface area contributed by atoms with E-state index in [-0.39, 0.29) is 19.0 Å². The van der Waals surface area contributed by atoms with Crippen LogP contribution in [0.3, 0.4) is 0 Å². The predicted molar refractivity (Wildman–Crippen MR) is 87.7 cm³/mol. The highest BCUT2D eigenvalue weighted by Gasteiger charge is 2.40. The smallest absolute Gasteiger partial charge is 0.242 e. The van der Waals surface area contributed by atoms with E-state index >= 15 is 0 Å². The van der Waals surface area contributed by atoms with Crippen LogP contribution in [0.1, 0.15) is 57.4 Å². The number of fused-ring (bicyclic) bond motifs is 3. The van der Waals surface area contributed by atoms with E-state index in [0.29, 0.717) is 18.5 Å². The Kier molecular flexibility index (Phi) is 2.62. The second-order valence-corrected chi connectivity index (χ2v) is 6.50. The molecule has 4 rings (SSSR count). The van der Waals surface area contributed by atoms with Crippen molar-refractivity contribution in [2.45, 2.75) is 44.4 Å². The van der Waals surface area contributed by atoms with Gasteiger partial charge in [-0.1, -0.05) is 25.2 Å². The van der Waals surface area contributed by atoms with Crippen molar-refractivity contribution >= 4 is 11.8 Å². The fraction of sp³-hybridized carbons (Fsp3) is 0.579. The van der Waals surface area contributed by atoms with Crippen LogP contribution in [0.4, 0.5) is 4.39 Å². The summed E-state index contributed by atoms with van der Waals surface area (Å²) in [5.74, 6) is -2.35. The Hall–Kier alpha value is -1.91. The zero-order valence-corrected chi connectivity index (χ0v) is 13.2. The van der Waals surface area contributed by atoms with Gasteiger partial charge in [0.25, 0.3) is 0 Å². The molecule has 4 nitrogen and oxygen atoms in total. The molecule has 3 aliphatic rings. The molecule has 1 atom stereocenters. The highest BCUT2D eigenvalue weighted by atomic mass is 19.1. The molecule has 0 aromatic heterocycles. The Morgan fingerprint density at radius 3 is 2.83 bits per heavy atom. The molecular formula is C19H23FN2O2. The molecule has 0 N–H and O–H groups in total. The van der Waals surface area contributed by atoms with Crippen molar-refractivity contribution in [3.63, 3.8) is 0 Å². The topological polar surface area (TPSA) is 40.6 Å². The largest absolute Gasteiger partial charge is 0.332 e. The minimum absolute atomic E-state index is 0.121. The maximum Gasteiger partial charge on any atom is 0.242 e. The molecule has 5 heteroatoms. The molecule has 1 saturated heterocycles. The van der Waals surface area contributed by atoms with Crippen molar-refractivity contribution in [3.8, 4) is 0 Å². The maximum absolute atomic E-state index is 13.8. The minimum atomic E-state index is -2.73. The highest BCUT2D eigenvalue weighted by Crippen LogP contribution is 2.35. The summed E-state index contributed by atoms with van der Waals surface area (Å²) in [4.78, 5) is 28.8. The summed E-state index contributed by atoms with van der Waals surface area (Å²) in [6, 6.07) is 3.92. The van der Waals surface area contributed by atoms with E-state index < -0.39 is 55.6 Å². The lowest BCUT2D eigenvalue weighted by molar-refractivity contribution is -0.152. The summed E-state index contributed by atoms with van der Waals surface area (Å²) in [5.41, 5.74) is 1.57. The van der Waals surface area contributed by atoms with E-state index in [4.69, 9.17) is 8.22 Å². The van der Waals surface area contributed by atoms with Gasteiger partial charge in [-0.2, -0.15) is 0 Å². The van der Waals surface area contributed by atoms with E-state index in [0.717, 1.165) is 5.56 Å². The molecule has 2 amide bonds. The molecule has 0 bridgehead atoms. The van der Waals surface area contributed by atoms with E-state index in [2.05, 4.69) is 0 Å². The lowest BCUT2D eigenvalue weighted by atomic mass is 9.86. The van der Waals surface area contributed by atoms with Crippen molar-refractivity contribution in [1.29, 1.82) is 0 Å². The molecule has 1 saturated carbocycles. The van der Waals surface area contributed by atoms with Gasteiger partial charge in [-0.3, -0.25) is 9.59 Å². The van der Waals surface area contributed by atoms with Crippen LogP contribution in [-0.4, -0.2) is 41.2 Å². The van der Waals surface area contributed by atoms with Gasteiger partial charge >= 0.3 is 0 Å². The molecule has 2 heterocycles. The van der Waals surface area contributed by atoms with Gasteiger partial charge in [-0.15, -0.1) is 0 Å². The van der Waals surface area contributed by atoms with Crippen LogP contribution >= 0.6 is 0 Å². The second kappa shape index (κ2) is 6.19. The number of piperazine rings is 1. The SMILES string of the molecule is [2H]C1([2H])CC(C(=O)N2CC(=O)N3CCc4ccc(F)cc4[C@@H]3C2)CC([2H])([2H])C1([2H])[2H]. The number of hydrogen-bond donors (Lipinski definition) is 0. The standard InChI is InChI=1S/C19H23FN2O2/c20-15-7-6-13-8-9-22-17(16(13)10-15)11-21(12-18(22)23)19(24)14-4-2-1-3-5-14/h6-7,10,14,17H,1-5,8-9,11-12H2/t17-/m0/s1/i1D2,2D2,3D2. The van der Waals surface area contributed by atoms with E-state index in [1.54, 1.807) is 11.0 Å². The van der Waals surface area contributed by atoms with Crippen LogP contribution in [0, 0.1) is 11.7 Å². The van der Waals surface area contributed by atoms with Crippen LogP contribution in [-0.2, 0) is 16.0 Å². The lowest BCUT2D eigenvalue weighted by Crippen LogP contribution is -2.56. The third-order valence-electron chi connectivity index (χ3n) is 5.04. The Morgan fingerprint density at radius 2 is 2.04 bits per heavy atom. The first-order chi connectivity index (χ1) is 13.8. The summed E-state index contributed by atoms with van der Waals surface area (Å²) in [5, 5.41) is 0. The molecule has 0 unspecified atom stereocenters. The van der Waals surface area contributed by atoms with Crippen LogP contribution in [0.25, 0.3) is 0 Å². The Balaban J connectivity index is 1.60. The number of rotatable bonds is 1. The van der Waals surface area contributed by atoms with Crippen molar-refractivity contribution in [2.75, 3.05) is 19.6 Å². The summed E-state index contributed by atoms with van der Waals surface area (Å²) in [6.07, 6.45) is -8.09. The average molecular weight is 336 g/mol. The van der Waals surface area contributed by atoms with Gasteiger partial charge in [-0.25, -0.2) is 4.39 Å². The number of hydrogen-bond acceptors (Lipinski definition) is 2. The number of carbonyl (C=O) groups excluding carboxylic acids is 2. The van der Waals surface area contributed by atoms with Gasteiger partial charge in [0.1, 0.15) is 5.82 Å². The van der Waals surface area contributed by atoms with Crippen molar-refractivity contribution in [2.24, 2.45) is 5.92 Å². The average Bonchev–Trinajstić information content (AvgIpc) is 2.65. The normalized spacial score (nSPS) is 34.5. The number of halogens is 1. The molecule has 128 valence electrons. The van der Waals surface area contributed by atoms with Gasteiger partial charge in [-0.05, 0) is 42.5 Å². The number of benzene rings is 1. The molecule has 24 heavy (non-hydrogen) atoms. The molecule has 0 spiro atoms. The van der Waals surface area contributed by atoms with Crippen molar-refractivity contribution < 1.29 is 22.2 Å². The van der Waals surface area contributed by atoms with Crippen LogP contribution in [0.2, 0.25) is 0 Å². The lowest BCUT2D eigenvalue weighted by Gasteiger charge is -2.45. The zero-order valence-electron chi connectivity index (χ0n) is 19.2. The zero-order chi connectivity index (χ0) is 22.1. The van der Waals surface area contributed by atoms with Crippen LogP contribution in [0.15, 0.2) is 18.2 Å². The third kappa shape index (κ3) is 2.70. The maximum atomic E-state index is 13.8. The van der Waals surface area contributed by atoms with Crippen LogP contribution < -0.4 is 0 Å². The molecule has 1 aromatic rings. The Labute approximate surface area is 150 Å². The van der Waals surface area contributed by atoms with Gasteiger partial charge in [0.05, 0.1) is 12.6 Å². The van der Waals surface area contributed by atoms with Crippen molar-refractivity contribution in [1.82, 2.24) is 9.80 Å². The summed E-state index contributed by atoms with van der Waals surface area (Å²) < 4.78 is 61.5. The Morgan fingerprint density at radius 1 is 1.25 bits per heavy atom. The van der Waals surface area contributed by atoms with Gasteiger partial charge in [0, 0.05) is 27.2 Å². The second-order valence-electron chi connectivity index (χ2n) is 6.50. The molecule has 0 radical (unpaired) electrons. The van der Waals surface area contributed by atoms with Crippen molar-refractivity contribution in [3.05, 3.63) is 35.1 Å². The highest BCUT2D eigenvalue weighted by molar-refractivity contribution is 5.87. The number of amides is 2. The molecule has 2 fully saturated rings. The minimum Gasteiger partial charge on any atom is -0.332 e. The predicted octanol–water partition coefficient (Wildman–Crippen LogP) is 2.67. The summed E-state index contributed by atoms with van der Waals surface area (Å²) in [7, 11) is 0. The van der Waals surface area contributed by atoms with E-state index in [1.807, 2.05) is 0 Å². The number of nitrogens with zero attached hydrogens (tertiary/aromatic N) is 2. The monoisotopic (exact) mass is 336 g/mol. The van der Waals surface area contributed by atoms with Crippen LogP contribution in [0.5, 0.6) is 0 Å². The first-order valence-corrected chi connectivity index (χ1v) is 8.21. The molecule has 1 aromatic carbocycles. The van der Waals surface area contributed by atoms with Gasteiger partial charge < -0.3 is 9.80 Å². The van der Waals surface area contributed by atoms with E-state index in [9.17, 15) is 14.0 Å². The van der Waals surface area contributed by atoms with Gasteiger partial charge in [0.15, 0.2) is 0 Å². The molecule has 1 aliphatic carbocycles. The molecule has 2 aliphatic heterocycles. The molecular weight excluding hydrogens is 307 g/mol. The quantitative estimate of drug-likeness (QED) is 0.791. The summed E-state index contributed by atoms with van der Waals surface area (Å²) >= 11 is 0. The first kappa shape index (κ1) is 10.2. The van der Waals surface area contributed by atoms with E-state index in [1.165, 1.54) is 17.0 Å². The Bertz CT molecular complexity index is 889. The van der Waals surface area contributed by atoms with Gasteiger partial charge in [0.2, 0.25) is 11.8 Å². The fourth-order valence-electron chi connectivity index (χ4n) is 3.77. The third-order valence-corrected chi connectivity index (χ3v) is 5.04.